The molecule has 0 aromatic carbocycles. The predicted octanol–water partition coefficient (Wildman–Crippen LogP) is 2.11. The summed E-state index contributed by atoms with van der Waals surface area (Å²) in [6.07, 6.45) is 4.21. The summed E-state index contributed by atoms with van der Waals surface area (Å²) < 4.78 is 0. The van der Waals surface area contributed by atoms with Crippen LogP contribution in [-0.2, 0) is 0 Å². The second-order valence-electron chi connectivity index (χ2n) is 1.23. The summed E-state index contributed by atoms with van der Waals surface area (Å²) in [4.78, 5) is 0. The summed E-state index contributed by atoms with van der Waals surface area (Å²) in [6, 6.07) is 0. The lowest BCUT2D eigenvalue weighted by Crippen LogP contribution is -1.57. The molecule has 0 radical (unpaired) electrons. The van der Waals surface area contributed by atoms with Crippen molar-refractivity contribution >= 4 is 11.8 Å². The zero-order valence-electron chi connectivity index (χ0n) is 4.82. The Morgan fingerprint density at radius 3 is 2.71 bits per heavy atom. The SMILES string of the molecule is CCCC#CSC. The van der Waals surface area contributed by atoms with Crippen molar-refractivity contribution in [2.45, 2.75) is 19.8 Å². The molecule has 0 atom stereocenters. The fourth-order valence-electron chi connectivity index (χ4n) is 0.248. The minimum absolute atomic E-state index is 1.04. The first-order valence-corrected chi connectivity index (χ1v) is 3.65. The summed E-state index contributed by atoms with van der Waals surface area (Å²) in [5.74, 6) is 3.00. The Hall–Kier alpha value is -0.0900. The smallest absolute Gasteiger partial charge is 0.00950 e. The molecule has 0 aliphatic rings. The summed E-state index contributed by atoms with van der Waals surface area (Å²) in [5, 5.41) is 2.92. The second-order valence-corrected chi connectivity index (χ2v) is 1.85. The van der Waals surface area contributed by atoms with Crippen LogP contribution in [0.4, 0.5) is 0 Å². The molecule has 0 spiro atoms. The molecule has 7 heavy (non-hydrogen) atoms. The quantitative estimate of drug-likeness (QED) is 0.470. The molecule has 0 heterocycles. The van der Waals surface area contributed by atoms with Crippen molar-refractivity contribution < 1.29 is 0 Å². The van der Waals surface area contributed by atoms with Crippen molar-refractivity contribution in [3.8, 4) is 11.2 Å². The van der Waals surface area contributed by atoms with Gasteiger partial charge in [-0.25, -0.2) is 0 Å². The highest BCUT2D eigenvalue weighted by molar-refractivity contribution is 8.03. The number of unbranched alkanes of at least 4 members (excludes halogenated alkanes) is 1. The van der Waals surface area contributed by atoms with Crippen molar-refractivity contribution in [2.75, 3.05) is 6.26 Å². The topological polar surface area (TPSA) is 0 Å². The predicted molar refractivity (Wildman–Crippen MR) is 36.2 cm³/mol. The molecule has 0 rings (SSSR count). The highest BCUT2D eigenvalue weighted by Crippen LogP contribution is 1.87. The molecule has 0 bridgehead atoms. The third-order valence-corrected chi connectivity index (χ3v) is 0.898. The van der Waals surface area contributed by atoms with Crippen molar-refractivity contribution in [1.29, 1.82) is 0 Å². The van der Waals surface area contributed by atoms with Crippen LogP contribution in [0, 0.1) is 11.2 Å². The van der Waals surface area contributed by atoms with E-state index in [4.69, 9.17) is 0 Å². The van der Waals surface area contributed by atoms with Gasteiger partial charge in [0.2, 0.25) is 0 Å². The molecule has 0 saturated carbocycles. The van der Waals surface area contributed by atoms with Crippen molar-refractivity contribution in [3.63, 3.8) is 0 Å². The first kappa shape index (κ1) is 6.91. The molecule has 0 saturated heterocycles. The minimum Gasteiger partial charge on any atom is -0.0913 e. The van der Waals surface area contributed by atoms with E-state index in [0.29, 0.717) is 0 Å². The normalized spacial score (nSPS) is 7.14. The number of hydrogen-bond acceptors (Lipinski definition) is 1. The van der Waals surface area contributed by atoms with Crippen molar-refractivity contribution in [3.05, 3.63) is 0 Å². The average Bonchev–Trinajstić information content (AvgIpc) is 1.69. The molecule has 0 N–H and O–H groups in total. The third kappa shape index (κ3) is 5.91. The van der Waals surface area contributed by atoms with E-state index in [1.165, 1.54) is 6.42 Å². The molecule has 40 valence electrons. The van der Waals surface area contributed by atoms with Crippen LogP contribution in [0.5, 0.6) is 0 Å². The van der Waals surface area contributed by atoms with Gasteiger partial charge in [0, 0.05) is 6.42 Å². The van der Waals surface area contributed by atoms with Crippen LogP contribution in [0.3, 0.4) is 0 Å². The van der Waals surface area contributed by atoms with E-state index >= 15 is 0 Å². The Labute approximate surface area is 49.7 Å². The van der Waals surface area contributed by atoms with Gasteiger partial charge >= 0.3 is 0 Å². The van der Waals surface area contributed by atoms with Gasteiger partial charge in [0.15, 0.2) is 0 Å². The Balaban J connectivity index is 2.91. The maximum atomic E-state index is 3.00. The monoisotopic (exact) mass is 114 g/mol. The Kier molecular flexibility index (Phi) is 5.83. The molecule has 0 amide bonds. The Morgan fingerprint density at radius 2 is 2.29 bits per heavy atom. The van der Waals surface area contributed by atoms with Crippen LogP contribution in [0.1, 0.15) is 19.8 Å². The first-order chi connectivity index (χ1) is 3.41. The molecular weight excluding hydrogens is 104 g/mol. The molecule has 0 nitrogen and oxygen atoms in total. The maximum Gasteiger partial charge on any atom is 0.00950 e. The van der Waals surface area contributed by atoms with Gasteiger partial charge < -0.3 is 0 Å². The van der Waals surface area contributed by atoms with Gasteiger partial charge in [0.25, 0.3) is 0 Å². The van der Waals surface area contributed by atoms with E-state index < -0.39 is 0 Å². The van der Waals surface area contributed by atoms with Gasteiger partial charge in [-0.05, 0) is 17.9 Å². The summed E-state index contributed by atoms with van der Waals surface area (Å²) in [7, 11) is 0. The van der Waals surface area contributed by atoms with E-state index in [-0.39, 0.29) is 0 Å². The molecule has 0 unspecified atom stereocenters. The van der Waals surface area contributed by atoms with Gasteiger partial charge in [0.1, 0.15) is 0 Å². The van der Waals surface area contributed by atoms with Crippen LogP contribution in [0.15, 0.2) is 0 Å². The summed E-state index contributed by atoms with van der Waals surface area (Å²) in [5.41, 5.74) is 0. The highest BCUT2D eigenvalue weighted by Gasteiger charge is 1.66. The van der Waals surface area contributed by atoms with E-state index in [1.54, 1.807) is 11.8 Å². The Morgan fingerprint density at radius 1 is 1.57 bits per heavy atom. The first-order valence-electron chi connectivity index (χ1n) is 2.42. The summed E-state index contributed by atoms with van der Waals surface area (Å²) >= 11 is 1.58. The molecule has 0 fully saturated rings. The third-order valence-electron chi connectivity index (χ3n) is 0.549. The molecule has 0 aliphatic carbocycles. The van der Waals surface area contributed by atoms with Gasteiger partial charge in [0.05, 0.1) is 0 Å². The van der Waals surface area contributed by atoms with Crippen LogP contribution in [0.2, 0.25) is 0 Å². The van der Waals surface area contributed by atoms with Crippen molar-refractivity contribution in [2.24, 2.45) is 0 Å². The van der Waals surface area contributed by atoms with Gasteiger partial charge in [-0.2, -0.15) is 0 Å². The van der Waals surface area contributed by atoms with Gasteiger partial charge in [-0.15, -0.1) is 0 Å². The maximum absolute atomic E-state index is 3.00. The van der Waals surface area contributed by atoms with Gasteiger partial charge in [-0.1, -0.05) is 24.6 Å². The number of thioether (sulfide) groups is 1. The molecule has 1 heteroatoms. The number of hydrogen-bond donors (Lipinski definition) is 0. The molecular formula is C6H10S. The lowest BCUT2D eigenvalue weighted by Gasteiger charge is -1.73. The van der Waals surface area contributed by atoms with E-state index in [9.17, 15) is 0 Å². The zero-order valence-corrected chi connectivity index (χ0v) is 5.64. The van der Waals surface area contributed by atoms with Crippen LogP contribution >= 0.6 is 11.8 Å². The number of rotatable bonds is 1. The molecule has 0 aromatic heterocycles. The van der Waals surface area contributed by atoms with Crippen LogP contribution in [0.25, 0.3) is 0 Å². The molecule has 0 aliphatic heterocycles. The van der Waals surface area contributed by atoms with Crippen LogP contribution < -0.4 is 0 Å². The average molecular weight is 114 g/mol. The van der Waals surface area contributed by atoms with E-state index in [0.717, 1.165) is 6.42 Å². The van der Waals surface area contributed by atoms with Gasteiger partial charge in [-0.3, -0.25) is 0 Å². The largest absolute Gasteiger partial charge is 0.0913 e. The van der Waals surface area contributed by atoms with Crippen LogP contribution in [-0.4, -0.2) is 6.26 Å². The Bertz CT molecular complexity index is 75.9. The fraction of sp³-hybridized carbons (Fsp3) is 0.667. The standard InChI is InChI=1S/C6H10S/c1-3-4-5-6-7-2/h3-4H2,1-2H3. The summed E-state index contributed by atoms with van der Waals surface area (Å²) in [6.45, 7) is 2.13. The lowest BCUT2D eigenvalue weighted by atomic mass is 10.4. The second kappa shape index (κ2) is 5.91. The molecule has 0 aromatic rings. The van der Waals surface area contributed by atoms with E-state index in [1.807, 2.05) is 6.26 Å². The fourth-order valence-corrected chi connectivity index (χ4v) is 0.495. The zero-order chi connectivity index (χ0) is 5.54. The minimum atomic E-state index is 1.04. The van der Waals surface area contributed by atoms with Crippen molar-refractivity contribution in [1.82, 2.24) is 0 Å². The highest BCUT2D eigenvalue weighted by atomic mass is 32.2. The lowest BCUT2D eigenvalue weighted by molar-refractivity contribution is 0.984. The van der Waals surface area contributed by atoms with E-state index in [2.05, 4.69) is 18.1 Å².